The molecule has 0 saturated heterocycles. The number of urea groups is 1. The van der Waals surface area contributed by atoms with Gasteiger partial charge in [0.05, 0.1) is 5.54 Å². The third-order valence-corrected chi connectivity index (χ3v) is 5.92. The van der Waals surface area contributed by atoms with Crippen molar-refractivity contribution in [3.8, 4) is 0 Å². The number of carbonyl (C=O) groups excluding carboxylic acids is 2. The molecule has 0 unspecified atom stereocenters. The zero-order valence-electron chi connectivity index (χ0n) is 18.2. The highest BCUT2D eigenvalue weighted by Gasteiger charge is 2.37. The first-order valence-electron chi connectivity index (χ1n) is 9.77. The van der Waals surface area contributed by atoms with Gasteiger partial charge in [-0.25, -0.2) is 4.79 Å². The summed E-state index contributed by atoms with van der Waals surface area (Å²) < 4.78 is 0.382. The molecule has 0 aliphatic carbocycles. The lowest BCUT2D eigenvalue weighted by atomic mass is 9.80. The molecule has 5 nitrogen and oxygen atoms in total. The zero-order chi connectivity index (χ0) is 20.4. The Hall–Kier alpha value is -0.750. The second-order valence-electron chi connectivity index (χ2n) is 9.00. The summed E-state index contributed by atoms with van der Waals surface area (Å²) in [6.07, 6.45) is 3.55. The van der Waals surface area contributed by atoms with Gasteiger partial charge in [0.25, 0.3) is 0 Å². The summed E-state index contributed by atoms with van der Waals surface area (Å²) in [5.41, 5.74) is -1.36. The Morgan fingerprint density at radius 1 is 0.885 bits per heavy atom. The van der Waals surface area contributed by atoms with E-state index in [1.54, 1.807) is 13.8 Å². The number of hydrogen-bond acceptors (Lipinski definition) is 4. The van der Waals surface area contributed by atoms with E-state index in [0.29, 0.717) is 11.3 Å². The molecule has 0 aromatic carbocycles. The fraction of sp³-hybridized carbons (Fsp3) is 0.900. The molecular weight excluding hydrogens is 346 g/mol. The highest BCUT2D eigenvalue weighted by atomic mass is 32.2. The number of ketones is 1. The van der Waals surface area contributed by atoms with Gasteiger partial charge >= 0.3 is 6.03 Å². The Morgan fingerprint density at radius 2 is 1.50 bits per heavy atom. The average molecular weight is 388 g/mol. The van der Waals surface area contributed by atoms with Crippen LogP contribution in [-0.4, -0.2) is 47.5 Å². The molecule has 6 heteroatoms. The van der Waals surface area contributed by atoms with Gasteiger partial charge in [-0.2, -0.15) is 11.8 Å². The van der Waals surface area contributed by atoms with Gasteiger partial charge in [-0.1, -0.05) is 41.5 Å². The predicted molar refractivity (Wildman–Crippen MR) is 114 cm³/mol. The van der Waals surface area contributed by atoms with E-state index in [1.807, 2.05) is 32.5 Å². The molecule has 0 bridgehead atoms. The van der Waals surface area contributed by atoms with Crippen LogP contribution in [0.2, 0.25) is 0 Å². The van der Waals surface area contributed by atoms with Crippen molar-refractivity contribution in [2.24, 2.45) is 5.41 Å². The summed E-state index contributed by atoms with van der Waals surface area (Å²) in [6.45, 7) is 18.1. The molecule has 0 aromatic heterocycles. The van der Waals surface area contributed by atoms with Gasteiger partial charge in [0, 0.05) is 23.3 Å². The van der Waals surface area contributed by atoms with Crippen molar-refractivity contribution < 1.29 is 9.59 Å². The fourth-order valence-electron chi connectivity index (χ4n) is 2.51. The van der Waals surface area contributed by atoms with Crippen LogP contribution in [-0.2, 0) is 4.79 Å². The number of unbranched alkanes of at least 4 members (excludes halogenated alkanes) is 1. The zero-order valence-corrected chi connectivity index (χ0v) is 19.0. The summed E-state index contributed by atoms with van der Waals surface area (Å²) in [4.78, 5) is 24.3. The molecule has 26 heavy (non-hydrogen) atoms. The largest absolute Gasteiger partial charge is 0.337 e. The van der Waals surface area contributed by atoms with Crippen molar-refractivity contribution in [2.45, 2.75) is 84.9 Å². The quantitative estimate of drug-likeness (QED) is 0.443. The van der Waals surface area contributed by atoms with Crippen LogP contribution in [0.5, 0.6) is 0 Å². The summed E-state index contributed by atoms with van der Waals surface area (Å²) in [5, 5.41) is 8.92. The second-order valence-corrected chi connectivity index (χ2v) is 10.8. The van der Waals surface area contributed by atoms with E-state index < -0.39 is 11.0 Å². The lowest BCUT2D eigenvalue weighted by Crippen LogP contribution is -2.56. The minimum atomic E-state index is -0.875. The molecule has 2 amide bonds. The molecule has 0 radical (unpaired) electrons. The molecule has 0 atom stereocenters. The van der Waals surface area contributed by atoms with Gasteiger partial charge in [-0.05, 0) is 45.4 Å². The van der Waals surface area contributed by atoms with Crippen LogP contribution in [0.15, 0.2) is 0 Å². The number of rotatable bonds is 12. The Kier molecular flexibility index (Phi) is 10.9. The fourth-order valence-corrected chi connectivity index (χ4v) is 3.62. The lowest BCUT2D eigenvalue weighted by molar-refractivity contribution is -0.131. The van der Waals surface area contributed by atoms with E-state index >= 15 is 0 Å². The predicted octanol–water partition coefficient (Wildman–Crippen LogP) is 3.97. The second kappa shape index (κ2) is 11.2. The van der Waals surface area contributed by atoms with Crippen LogP contribution < -0.4 is 16.0 Å². The molecule has 3 N–H and O–H groups in total. The number of amides is 2. The van der Waals surface area contributed by atoms with E-state index in [0.717, 1.165) is 19.5 Å². The minimum absolute atomic E-state index is 0.0161. The Bertz CT molecular complexity index is 443. The van der Waals surface area contributed by atoms with Crippen LogP contribution in [0.3, 0.4) is 0 Å². The van der Waals surface area contributed by atoms with Crippen molar-refractivity contribution in [1.29, 1.82) is 0 Å². The Labute approximate surface area is 165 Å². The summed E-state index contributed by atoms with van der Waals surface area (Å²) >= 11 is 2.04. The van der Waals surface area contributed by atoms with E-state index in [4.69, 9.17) is 0 Å². The molecule has 0 heterocycles. The maximum absolute atomic E-state index is 12.3. The van der Waals surface area contributed by atoms with Crippen LogP contribution in [0.1, 0.15) is 74.7 Å². The summed E-state index contributed by atoms with van der Waals surface area (Å²) in [5.74, 6) is 1.21. The number of hydrogen-bond donors (Lipinski definition) is 3. The van der Waals surface area contributed by atoms with E-state index in [-0.39, 0.29) is 11.8 Å². The van der Waals surface area contributed by atoms with Gasteiger partial charge < -0.3 is 16.0 Å². The first-order valence-corrected chi connectivity index (χ1v) is 10.8. The van der Waals surface area contributed by atoms with Crippen molar-refractivity contribution >= 4 is 23.6 Å². The van der Waals surface area contributed by atoms with Gasteiger partial charge in [0.1, 0.15) is 0 Å². The summed E-state index contributed by atoms with van der Waals surface area (Å²) in [7, 11) is 0. The first kappa shape index (κ1) is 25.2. The summed E-state index contributed by atoms with van der Waals surface area (Å²) in [6, 6.07) is -0.299. The van der Waals surface area contributed by atoms with Gasteiger partial charge in [0.2, 0.25) is 0 Å². The van der Waals surface area contributed by atoms with Gasteiger partial charge in [-0.3, -0.25) is 4.79 Å². The highest BCUT2D eigenvalue weighted by Crippen LogP contribution is 2.28. The molecule has 0 rings (SSSR count). The maximum atomic E-state index is 12.3. The Morgan fingerprint density at radius 3 is 2.04 bits per heavy atom. The first-order chi connectivity index (χ1) is 11.8. The van der Waals surface area contributed by atoms with Crippen molar-refractivity contribution in [1.82, 2.24) is 16.0 Å². The van der Waals surface area contributed by atoms with Crippen molar-refractivity contribution in [2.75, 3.05) is 25.4 Å². The smallest absolute Gasteiger partial charge is 0.315 e. The lowest BCUT2D eigenvalue weighted by Gasteiger charge is -2.31. The molecule has 0 saturated carbocycles. The topological polar surface area (TPSA) is 70.2 Å². The molecule has 0 spiro atoms. The standard InChI is InChI=1S/C20H41N3O2S/c1-9-19(5,6)26-15-11-10-12-21-13-14-22-17(25)23-20(7,8)16(24)18(2,3)4/h21H,9-15H2,1-8H3,(H2,22,23,25). The van der Waals surface area contributed by atoms with Crippen LogP contribution in [0, 0.1) is 5.41 Å². The highest BCUT2D eigenvalue weighted by molar-refractivity contribution is 8.00. The third kappa shape index (κ3) is 11.1. The van der Waals surface area contributed by atoms with E-state index in [9.17, 15) is 9.59 Å². The minimum Gasteiger partial charge on any atom is -0.337 e. The van der Waals surface area contributed by atoms with Crippen LogP contribution in [0.4, 0.5) is 4.79 Å². The third-order valence-electron chi connectivity index (χ3n) is 4.35. The van der Waals surface area contributed by atoms with E-state index in [2.05, 4.69) is 36.7 Å². The SMILES string of the molecule is CCC(C)(C)SCCCCNCCNC(=O)NC(C)(C)C(=O)C(C)(C)C. The number of Topliss-reactive ketones (excluding diaryl/α,β-unsaturated/α-hetero) is 1. The van der Waals surface area contributed by atoms with Crippen LogP contribution >= 0.6 is 11.8 Å². The average Bonchev–Trinajstić information content (AvgIpc) is 2.51. The van der Waals surface area contributed by atoms with E-state index in [1.165, 1.54) is 18.6 Å². The van der Waals surface area contributed by atoms with Crippen LogP contribution in [0.25, 0.3) is 0 Å². The van der Waals surface area contributed by atoms with Crippen molar-refractivity contribution in [3.63, 3.8) is 0 Å². The van der Waals surface area contributed by atoms with Gasteiger partial charge in [0.15, 0.2) is 5.78 Å². The van der Waals surface area contributed by atoms with Crippen molar-refractivity contribution in [3.05, 3.63) is 0 Å². The Balaban J connectivity index is 3.80. The number of nitrogens with one attached hydrogen (secondary N) is 3. The normalized spacial score (nSPS) is 12.8. The molecule has 0 fully saturated rings. The molecule has 154 valence electrons. The number of thioether (sulfide) groups is 1. The maximum Gasteiger partial charge on any atom is 0.315 e. The molecule has 0 aromatic rings. The molecular formula is C20H41N3O2S. The molecule has 0 aliphatic rings. The number of carbonyl (C=O) groups is 2. The molecule has 0 aliphatic heterocycles. The van der Waals surface area contributed by atoms with Gasteiger partial charge in [-0.15, -0.1) is 0 Å². The monoisotopic (exact) mass is 387 g/mol.